The van der Waals surface area contributed by atoms with Crippen LogP contribution in [0.5, 0.6) is 0 Å². The Bertz CT molecular complexity index is 602. The number of carbonyl (C=O) groups excluding carboxylic acids is 1. The number of hydrogen-bond donors (Lipinski definition) is 0. The quantitative estimate of drug-likeness (QED) is 0.633. The van der Waals surface area contributed by atoms with Gasteiger partial charge in [-0.15, -0.1) is 6.58 Å². The van der Waals surface area contributed by atoms with Gasteiger partial charge in [0.25, 0.3) is 5.91 Å². The number of anilines is 1. The molecule has 0 aliphatic carbocycles. The van der Waals surface area contributed by atoms with Crippen LogP contribution in [-0.4, -0.2) is 43.7 Å². The molecule has 1 aliphatic rings. The van der Waals surface area contributed by atoms with Crippen LogP contribution in [0.2, 0.25) is 0 Å². The molecule has 0 fully saturated rings. The lowest BCUT2D eigenvalue weighted by atomic mass is 10.2. The van der Waals surface area contributed by atoms with Crippen molar-refractivity contribution in [2.45, 2.75) is 0 Å². The lowest BCUT2D eigenvalue weighted by Crippen LogP contribution is -2.22. The molecule has 110 valence electrons. The van der Waals surface area contributed by atoms with E-state index in [0.29, 0.717) is 11.4 Å². The van der Waals surface area contributed by atoms with Crippen molar-refractivity contribution in [1.82, 2.24) is 4.90 Å². The minimum atomic E-state index is -0.178. The van der Waals surface area contributed by atoms with Crippen molar-refractivity contribution in [1.29, 1.82) is 0 Å². The van der Waals surface area contributed by atoms with Gasteiger partial charge >= 0.3 is 0 Å². The van der Waals surface area contributed by atoms with Gasteiger partial charge in [-0.3, -0.25) is 4.79 Å². The molecule has 0 aromatic heterocycles. The van der Waals surface area contributed by atoms with Gasteiger partial charge in [0.15, 0.2) is 5.17 Å². The van der Waals surface area contributed by atoms with Gasteiger partial charge < -0.3 is 9.80 Å². The zero-order valence-corrected chi connectivity index (χ0v) is 13.4. The summed E-state index contributed by atoms with van der Waals surface area (Å²) in [6.07, 6.45) is 3.67. The Labute approximate surface area is 129 Å². The van der Waals surface area contributed by atoms with Crippen molar-refractivity contribution < 1.29 is 4.79 Å². The van der Waals surface area contributed by atoms with Gasteiger partial charge in [0.2, 0.25) is 0 Å². The molecular formula is C16H19N3OS. The zero-order chi connectivity index (χ0) is 15.4. The molecule has 0 bridgehead atoms. The Morgan fingerprint density at radius 1 is 1.24 bits per heavy atom. The lowest BCUT2D eigenvalue weighted by Gasteiger charge is -2.14. The SMILES string of the molecule is C=CCN(C)C1=NC(=O)C(=Cc2ccc(N(C)C)cc2)S1. The fourth-order valence-corrected chi connectivity index (χ4v) is 2.74. The first-order valence-electron chi connectivity index (χ1n) is 6.63. The second-order valence-electron chi connectivity index (χ2n) is 4.97. The molecule has 0 atom stereocenters. The lowest BCUT2D eigenvalue weighted by molar-refractivity contribution is -0.113. The van der Waals surface area contributed by atoms with Gasteiger partial charge in [0.1, 0.15) is 0 Å². The number of benzene rings is 1. The minimum Gasteiger partial charge on any atom is -0.378 e. The van der Waals surface area contributed by atoms with E-state index >= 15 is 0 Å². The minimum absolute atomic E-state index is 0.178. The van der Waals surface area contributed by atoms with Crippen molar-refractivity contribution >= 4 is 34.6 Å². The van der Waals surface area contributed by atoms with Gasteiger partial charge in [0, 0.05) is 33.4 Å². The van der Waals surface area contributed by atoms with Gasteiger partial charge in [-0.05, 0) is 35.5 Å². The van der Waals surface area contributed by atoms with Crippen LogP contribution in [-0.2, 0) is 4.79 Å². The van der Waals surface area contributed by atoms with Gasteiger partial charge in [-0.1, -0.05) is 18.2 Å². The van der Waals surface area contributed by atoms with Gasteiger partial charge in [-0.25, -0.2) is 0 Å². The van der Waals surface area contributed by atoms with Crippen LogP contribution in [0, 0.1) is 0 Å². The van der Waals surface area contributed by atoms with Crippen molar-refractivity contribution in [2.24, 2.45) is 4.99 Å². The van der Waals surface area contributed by atoms with E-state index in [4.69, 9.17) is 0 Å². The summed E-state index contributed by atoms with van der Waals surface area (Å²) in [5, 5.41) is 0.719. The summed E-state index contributed by atoms with van der Waals surface area (Å²) < 4.78 is 0. The number of hydrogen-bond acceptors (Lipinski definition) is 4. The van der Waals surface area contributed by atoms with E-state index in [1.807, 2.05) is 61.3 Å². The molecule has 2 rings (SSSR count). The number of likely N-dealkylation sites (N-methyl/N-ethyl adjacent to an activating group) is 1. The third-order valence-corrected chi connectivity index (χ3v) is 4.14. The number of aliphatic imine (C=N–C) groups is 1. The first-order valence-corrected chi connectivity index (χ1v) is 7.45. The summed E-state index contributed by atoms with van der Waals surface area (Å²) in [7, 11) is 5.90. The van der Waals surface area contributed by atoms with Crippen molar-refractivity contribution in [3.63, 3.8) is 0 Å². The molecule has 1 aromatic rings. The second-order valence-corrected chi connectivity index (χ2v) is 5.97. The molecule has 0 spiro atoms. The highest BCUT2D eigenvalue weighted by Crippen LogP contribution is 2.30. The number of amides is 1. The highest BCUT2D eigenvalue weighted by Gasteiger charge is 2.23. The molecule has 4 nitrogen and oxygen atoms in total. The predicted molar refractivity (Wildman–Crippen MR) is 91.6 cm³/mol. The smallest absolute Gasteiger partial charge is 0.286 e. The molecule has 1 aromatic carbocycles. The topological polar surface area (TPSA) is 35.9 Å². The maximum absolute atomic E-state index is 11.9. The molecule has 0 saturated heterocycles. The molecule has 0 saturated carbocycles. The highest BCUT2D eigenvalue weighted by atomic mass is 32.2. The summed E-state index contributed by atoms with van der Waals surface area (Å²) in [4.78, 5) is 20.6. The first kappa shape index (κ1) is 15.4. The maximum Gasteiger partial charge on any atom is 0.286 e. The Morgan fingerprint density at radius 3 is 2.48 bits per heavy atom. The first-order chi connectivity index (χ1) is 10.0. The van der Waals surface area contributed by atoms with Crippen LogP contribution in [0.15, 0.2) is 46.8 Å². The molecule has 1 amide bonds. The van der Waals surface area contributed by atoms with Crippen molar-refractivity contribution in [3.05, 3.63) is 47.4 Å². The molecule has 1 heterocycles. The van der Waals surface area contributed by atoms with E-state index in [1.54, 1.807) is 6.08 Å². The third kappa shape index (κ3) is 3.76. The Hall–Kier alpha value is -2.01. The molecule has 1 aliphatic heterocycles. The van der Waals surface area contributed by atoms with E-state index in [-0.39, 0.29) is 5.91 Å². The molecular weight excluding hydrogens is 282 g/mol. The zero-order valence-electron chi connectivity index (χ0n) is 12.5. The van der Waals surface area contributed by atoms with Crippen LogP contribution >= 0.6 is 11.8 Å². The molecule has 5 heteroatoms. The Balaban J connectivity index is 2.13. The van der Waals surface area contributed by atoms with E-state index in [2.05, 4.69) is 11.6 Å². The van der Waals surface area contributed by atoms with Gasteiger partial charge in [0.05, 0.1) is 4.91 Å². The summed E-state index contributed by atoms with van der Waals surface area (Å²) in [6, 6.07) is 8.06. The number of amidine groups is 1. The standard InChI is InChI=1S/C16H19N3OS/c1-5-10-19(4)16-17-15(20)14(21-16)11-12-6-8-13(9-7-12)18(2)3/h5-9,11H,1,10H2,2-4H3. The van der Waals surface area contributed by atoms with Crippen LogP contribution in [0.4, 0.5) is 5.69 Å². The van der Waals surface area contributed by atoms with Crippen LogP contribution in [0.3, 0.4) is 0 Å². The Kier molecular flexibility index (Phi) is 4.85. The normalized spacial score (nSPS) is 16.0. The molecule has 0 N–H and O–H groups in total. The third-order valence-electron chi connectivity index (χ3n) is 3.05. The van der Waals surface area contributed by atoms with E-state index in [0.717, 1.165) is 16.4 Å². The average molecular weight is 301 g/mol. The molecule has 0 unspecified atom stereocenters. The van der Waals surface area contributed by atoms with E-state index in [9.17, 15) is 4.79 Å². The van der Waals surface area contributed by atoms with Crippen LogP contribution in [0.1, 0.15) is 5.56 Å². The largest absolute Gasteiger partial charge is 0.378 e. The highest BCUT2D eigenvalue weighted by molar-refractivity contribution is 8.18. The molecule has 0 radical (unpaired) electrons. The average Bonchev–Trinajstić information content (AvgIpc) is 2.81. The number of rotatable bonds is 4. The maximum atomic E-state index is 11.9. The fourth-order valence-electron chi connectivity index (χ4n) is 1.85. The predicted octanol–water partition coefficient (Wildman–Crippen LogP) is 2.84. The van der Waals surface area contributed by atoms with E-state index in [1.165, 1.54) is 11.8 Å². The van der Waals surface area contributed by atoms with Crippen molar-refractivity contribution in [3.8, 4) is 0 Å². The number of nitrogens with zero attached hydrogens (tertiary/aromatic N) is 3. The Morgan fingerprint density at radius 2 is 1.90 bits per heavy atom. The second kappa shape index (κ2) is 6.63. The van der Waals surface area contributed by atoms with E-state index < -0.39 is 0 Å². The fraction of sp³-hybridized carbons (Fsp3) is 0.250. The number of thioether (sulfide) groups is 1. The summed E-state index contributed by atoms with van der Waals surface area (Å²) in [5.74, 6) is -0.178. The monoisotopic (exact) mass is 301 g/mol. The van der Waals surface area contributed by atoms with Crippen LogP contribution in [0.25, 0.3) is 6.08 Å². The van der Waals surface area contributed by atoms with Gasteiger partial charge in [-0.2, -0.15) is 4.99 Å². The van der Waals surface area contributed by atoms with Crippen molar-refractivity contribution in [2.75, 3.05) is 32.6 Å². The van der Waals surface area contributed by atoms with Crippen LogP contribution < -0.4 is 4.90 Å². The summed E-state index contributed by atoms with van der Waals surface area (Å²) in [6.45, 7) is 4.36. The summed E-state index contributed by atoms with van der Waals surface area (Å²) in [5.41, 5.74) is 2.13. The number of carbonyl (C=O) groups is 1. The summed E-state index contributed by atoms with van der Waals surface area (Å²) >= 11 is 1.40. The molecule has 21 heavy (non-hydrogen) atoms.